The van der Waals surface area contributed by atoms with Crippen LogP contribution in [0.5, 0.6) is 0 Å². The van der Waals surface area contributed by atoms with E-state index in [1.807, 2.05) is 35.2 Å². The molecule has 0 unspecified atom stereocenters. The molecule has 0 saturated carbocycles. The van der Waals surface area contributed by atoms with Crippen LogP contribution in [0.15, 0.2) is 30.3 Å². The third kappa shape index (κ3) is 2.74. The number of nitrogens with one attached hydrogen (secondary N) is 2. The van der Waals surface area contributed by atoms with Gasteiger partial charge in [0.2, 0.25) is 5.91 Å². The van der Waals surface area contributed by atoms with Crippen molar-refractivity contribution >= 4 is 11.8 Å². The van der Waals surface area contributed by atoms with Gasteiger partial charge in [0, 0.05) is 29.9 Å². The highest BCUT2D eigenvalue weighted by Crippen LogP contribution is 2.39. The summed E-state index contributed by atoms with van der Waals surface area (Å²) in [7, 11) is 0. The minimum atomic E-state index is -0.179. The van der Waals surface area contributed by atoms with Crippen molar-refractivity contribution in [3.63, 3.8) is 0 Å². The normalized spacial score (nSPS) is 23.5. The number of carbonyl (C=O) groups excluding carboxylic acids is 2. The molecule has 1 spiro atoms. The molecule has 2 N–H and O–H groups in total. The molecule has 2 saturated heterocycles. The lowest BCUT2D eigenvalue weighted by Gasteiger charge is -2.39. The Bertz CT molecular complexity index is 881. The Morgan fingerprint density at radius 3 is 2.70 bits per heavy atom. The van der Waals surface area contributed by atoms with Gasteiger partial charge < -0.3 is 10.2 Å². The number of benzene rings is 1. The van der Waals surface area contributed by atoms with Gasteiger partial charge in [-0.1, -0.05) is 30.3 Å². The lowest BCUT2D eigenvalue weighted by molar-refractivity contribution is -0.121. The Morgan fingerprint density at radius 2 is 1.93 bits per heavy atom. The average molecular weight is 364 g/mol. The van der Waals surface area contributed by atoms with Crippen LogP contribution in [0.2, 0.25) is 0 Å². The zero-order valence-corrected chi connectivity index (χ0v) is 15.3. The predicted molar refractivity (Wildman–Crippen MR) is 100 cm³/mol. The molecular weight excluding hydrogens is 340 g/mol. The number of likely N-dealkylation sites (tertiary alicyclic amines) is 1. The van der Waals surface area contributed by atoms with E-state index in [4.69, 9.17) is 0 Å². The second-order valence-electron chi connectivity index (χ2n) is 8.11. The summed E-state index contributed by atoms with van der Waals surface area (Å²) in [4.78, 5) is 27.4. The number of rotatable bonds is 2. The first-order valence-electron chi connectivity index (χ1n) is 9.88. The van der Waals surface area contributed by atoms with Crippen molar-refractivity contribution in [1.82, 2.24) is 20.4 Å². The van der Waals surface area contributed by atoms with E-state index in [1.54, 1.807) is 0 Å². The number of nitrogens with zero attached hydrogens (tertiary/aromatic N) is 2. The molecule has 3 heterocycles. The van der Waals surface area contributed by atoms with Gasteiger partial charge in [-0.3, -0.25) is 14.7 Å². The Morgan fingerprint density at radius 1 is 1.15 bits per heavy atom. The van der Waals surface area contributed by atoms with Crippen LogP contribution in [0.1, 0.15) is 58.9 Å². The molecule has 0 bridgehead atoms. The molecule has 6 nitrogen and oxygen atoms in total. The molecule has 3 aliphatic rings. The second-order valence-corrected chi connectivity index (χ2v) is 8.11. The van der Waals surface area contributed by atoms with E-state index < -0.39 is 0 Å². The van der Waals surface area contributed by atoms with E-state index in [0.717, 1.165) is 55.3 Å². The van der Waals surface area contributed by atoms with Crippen molar-refractivity contribution in [3.8, 4) is 0 Å². The average Bonchev–Trinajstić information content (AvgIpc) is 3.38. The molecule has 1 aromatic heterocycles. The molecule has 1 atom stereocenters. The fraction of sp³-hybridized carbons (Fsp3) is 0.476. The fourth-order valence-corrected chi connectivity index (χ4v) is 4.95. The van der Waals surface area contributed by atoms with Gasteiger partial charge in [0.1, 0.15) is 0 Å². The van der Waals surface area contributed by atoms with Gasteiger partial charge in [0.05, 0.1) is 5.92 Å². The number of hydrogen-bond donors (Lipinski definition) is 2. The number of aromatic amines is 1. The summed E-state index contributed by atoms with van der Waals surface area (Å²) in [6, 6.07) is 10.00. The van der Waals surface area contributed by atoms with Crippen LogP contribution < -0.4 is 5.32 Å². The van der Waals surface area contributed by atoms with E-state index in [9.17, 15) is 9.59 Å². The minimum Gasteiger partial charge on any atom is -0.350 e. The molecule has 2 aliphatic heterocycles. The number of aryl methyl sites for hydroxylation is 1. The topological polar surface area (TPSA) is 78.1 Å². The molecule has 5 rings (SSSR count). The Hall–Kier alpha value is -2.63. The molecule has 0 radical (unpaired) electrons. The smallest absolute Gasteiger partial charge is 0.274 e. The zero-order valence-electron chi connectivity index (χ0n) is 15.3. The standard InChI is InChI=1S/C21H24N4O2/c26-19-16(14-5-2-1-3-6-14)13-21(22-19)9-11-25(12-10-21)20(27)18-15-7-4-8-17(15)23-24-18/h1-3,5-6,16H,4,7-13H2,(H,22,26)(H,23,24)/t16-/m0/s1. The first-order chi connectivity index (χ1) is 13.2. The number of piperidine rings is 1. The van der Waals surface area contributed by atoms with Crippen molar-refractivity contribution in [3.05, 3.63) is 52.8 Å². The molecule has 2 aromatic rings. The lowest BCUT2D eigenvalue weighted by atomic mass is 9.82. The number of carbonyl (C=O) groups is 2. The van der Waals surface area contributed by atoms with E-state index in [0.29, 0.717) is 18.8 Å². The fourth-order valence-electron chi connectivity index (χ4n) is 4.95. The zero-order chi connectivity index (χ0) is 18.4. The summed E-state index contributed by atoms with van der Waals surface area (Å²) < 4.78 is 0. The summed E-state index contributed by atoms with van der Waals surface area (Å²) in [6.07, 6.45) is 5.46. The van der Waals surface area contributed by atoms with Crippen LogP contribution in [0, 0.1) is 0 Å². The highest BCUT2D eigenvalue weighted by Gasteiger charge is 2.47. The third-order valence-electron chi connectivity index (χ3n) is 6.52. The first kappa shape index (κ1) is 16.5. The minimum absolute atomic E-state index is 0.0354. The van der Waals surface area contributed by atoms with Crippen molar-refractivity contribution in [2.45, 2.75) is 50.0 Å². The van der Waals surface area contributed by atoms with Gasteiger partial charge in [-0.2, -0.15) is 5.10 Å². The van der Waals surface area contributed by atoms with Crippen LogP contribution in [-0.4, -0.2) is 45.5 Å². The quantitative estimate of drug-likeness (QED) is 0.857. The second kappa shape index (κ2) is 6.22. The number of amides is 2. The summed E-state index contributed by atoms with van der Waals surface area (Å²) in [5.41, 5.74) is 3.75. The molecule has 27 heavy (non-hydrogen) atoms. The number of fused-ring (bicyclic) bond motifs is 1. The van der Waals surface area contributed by atoms with Crippen LogP contribution in [0.3, 0.4) is 0 Å². The molecule has 2 fully saturated rings. The van der Waals surface area contributed by atoms with Gasteiger partial charge in [-0.15, -0.1) is 0 Å². The van der Waals surface area contributed by atoms with E-state index >= 15 is 0 Å². The summed E-state index contributed by atoms with van der Waals surface area (Å²) >= 11 is 0. The first-order valence-corrected chi connectivity index (χ1v) is 9.88. The highest BCUT2D eigenvalue weighted by molar-refractivity contribution is 5.94. The van der Waals surface area contributed by atoms with Gasteiger partial charge in [-0.05, 0) is 44.1 Å². The SMILES string of the molecule is O=C1NC2(CCN(C(=O)c3n[nH]c4c3CCC4)CC2)C[C@H]1c1ccccc1. The molecule has 140 valence electrons. The van der Waals surface area contributed by atoms with Crippen LogP contribution in [0.4, 0.5) is 0 Å². The Kier molecular flexibility index (Phi) is 3.81. The summed E-state index contributed by atoms with van der Waals surface area (Å²) in [6.45, 7) is 1.34. The van der Waals surface area contributed by atoms with Crippen molar-refractivity contribution in [2.24, 2.45) is 0 Å². The van der Waals surface area contributed by atoms with Crippen molar-refractivity contribution in [2.75, 3.05) is 13.1 Å². The van der Waals surface area contributed by atoms with Crippen molar-refractivity contribution < 1.29 is 9.59 Å². The number of H-pyrrole nitrogens is 1. The van der Waals surface area contributed by atoms with E-state index in [2.05, 4.69) is 15.5 Å². The van der Waals surface area contributed by atoms with Crippen molar-refractivity contribution in [1.29, 1.82) is 0 Å². The number of aromatic nitrogens is 2. The van der Waals surface area contributed by atoms with Gasteiger partial charge in [0.25, 0.3) is 5.91 Å². The lowest BCUT2D eigenvalue weighted by Crippen LogP contribution is -2.52. The predicted octanol–water partition coefficient (Wildman–Crippen LogP) is 2.18. The summed E-state index contributed by atoms with van der Waals surface area (Å²) in [5.74, 6) is 0.0716. The van der Waals surface area contributed by atoms with Gasteiger partial charge in [0.15, 0.2) is 5.69 Å². The highest BCUT2D eigenvalue weighted by atomic mass is 16.2. The van der Waals surface area contributed by atoms with Crippen LogP contribution in [-0.2, 0) is 17.6 Å². The largest absolute Gasteiger partial charge is 0.350 e. The van der Waals surface area contributed by atoms with Gasteiger partial charge in [-0.25, -0.2) is 0 Å². The summed E-state index contributed by atoms with van der Waals surface area (Å²) in [5, 5.41) is 10.6. The molecule has 1 aliphatic carbocycles. The van der Waals surface area contributed by atoms with E-state index in [-0.39, 0.29) is 23.3 Å². The Labute approximate surface area is 158 Å². The molecule has 6 heteroatoms. The third-order valence-corrected chi connectivity index (χ3v) is 6.52. The molecular formula is C21H24N4O2. The number of hydrogen-bond acceptors (Lipinski definition) is 3. The maximum atomic E-state index is 12.9. The molecule has 2 amide bonds. The molecule has 1 aromatic carbocycles. The van der Waals surface area contributed by atoms with Gasteiger partial charge >= 0.3 is 0 Å². The van der Waals surface area contributed by atoms with Crippen LogP contribution in [0.25, 0.3) is 0 Å². The maximum Gasteiger partial charge on any atom is 0.274 e. The monoisotopic (exact) mass is 364 g/mol. The maximum absolute atomic E-state index is 12.9. The van der Waals surface area contributed by atoms with Crippen LogP contribution >= 0.6 is 0 Å². The van der Waals surface area contributed by atoms with E-state index in [1.165, 1.54) is 0 Å². The Balaban J connectivity index is 1.28.